The summed E-state index contributed by atoms with van der Waals surface area (Å²) in [5.74, 6) is -0.284. The molecule has 0 spiro atoms. The number of hydrogen-bond donors (Lipinski definition) is 0. The van der Waals surface area contributed by atoms with Gasteiger partial charge in [-0.25, -0.2) is 9.59 Å². The van der Waals surface area contributed by atoms with E-state index in [-0.39, 0.29) is 17.7 Å². The Hall–Kier alpha value is -2.08. The predicted molar refractivity (Wildman–Crippen MR) is 107 cm³/mol. The monoisotopic (exact) mass is 381 g/mol. The first-order valence-corrected chi connectivity index (χ1v) is 9.17. The van der Waals surface area contributed by atoms with E-state index in [2.05, 4.69) is 9.47 Å². The van der Waals surface area contributed by atoms with E-state index in [1.54, 1.807) is 31.3 Å². The number of amides is 1. The molecule has 0 N–H and O–H groups in total. The van der Waals surface area contributed by atoms with Crippen molar-refractivity contribution in [2.75, 3.05) is 34.4 Å². The van der Waals surface area contributed by atoms with Crippen LogP contribution in [-0.4, -0.2) is 57.0 Å². The van der Waals surface area contributed by atoms with Crippen LogP contribution in [0.4, 0.5) is 4.79 Å². The summed E-state index contributed by atoms with van der Waals surface area (Å²) in [6, 6.07) is 7.30. The highest BCUT2D eigenvalue weighted by atomic mass is 16.6. The smallest absolute Gasteiger partial charge is 0.410 e. The Labute approximate surface area is 163 Å². The van der Waals surface area contributed by atoms with Crippen LogP contribution in [0.15, 0.2) is 24.3 Å². The van der Waals surface area contributed by atoms with Gasteiger partial charge in [-0.1, -0.05) is 17.7 Å². The van der Waals surface area contributed by atoms with Crippen molar-refractivity contribution in [1.82, 2.24) is 4.90 Å². The van der Waals surface area contributed by atoms with Gasteiger partial charge in [-0.15, -0.1) is 0 Å². The van der Waals surface area contributed by atoms with E-state index in [4.69, 9.17) is 4.74 Å². The van der Waals surface area contributed by atoms with E-state index in [9.17, 15) is 9.59 Å². The summed E-state index contributed by atoms with van der Waals surface area (Å²) in [4.78, 5) is 24.3. The number of carbonyl (C=O) groups excluding carboxylic acids is 2. The maximum Gasteiger partial charge on any atom is 0.410 e. The van der Waals surface area contributed by atoms with E-state index < -0.39 is 0 Å². The topological polar surface area (TPSA) is 65.1 Å². The van der Waals surface area contributed by atoms with Gasteiger partial charge in [-0.2, -0.15) is 0 Å². The Kier molecular flexibility index (Phi) is 12.1. The fourth-order valence-electron chi connectivity index (χ4n) is 2.29. The van der Waals surface area contributed by atoms with Gasteiger partial charge in [0.2, 0.25) is 0 Å². The molecule has 6 nitrogen and oxygen atoms in total. The van der Waals surface area contributed by atoms with E-state index >= 15 is 0 Å². The molecule has 0 unspecified atom stereocenters. The Morgan fingerprint density at radius 2 is 1.56 bits per heavy atom. The molecule has 2 rings (SSSR count). The SMILES string of the molecule is CC(C)(C)OC(=O)N1CCCCC1.COC.COC(=O)c1cccc(C)c1. The number of benzene rings is 1. The zero-order valence-electron chi connectivity index (χ0n) is 17.8. The standard InChI is InChI=1S/C10H19NO2.C9H10O2.C2H6O/c1-10(2,3)13-9(12)11-7-5-4-6-8-11;1-7-4-3-5-8(6-7)9(10)11-2;1-3-2/h4-8H2,1-3H3;3-6H,1-2H3;1-2H3. The van der Waals surface area contributed by atoms with Gasteiger partial charge in [0.1, 0.15) is 5.60 Å². The van der Waals surface area contributed by atoms with Crippen molar-refractivity contribution in [1.29, 1.82) is 0 Å². The van der Waals surface area contributed by atoms with Crippen molar-refractivity contribution in [3.05, 3.63) is 35.4 Å². The van der Waals surface area contributed by atoms with Crippen molar-refractivity contribution < 1.29 is 23.8 Å². The maximum atomic E-state index is 11.5. The fraction of sp³-hybridized carbons (Fsp3) is 0.619. The highest BCUT2D eigenvalue weighted by Gasteiger charge is 2.22. The third-order valence-electron chi connectivity index (χ3n) is 3.45. The molecule has 0 aliphatic carbocycles. The largest absolute Gasteiger partial charge is 0.465 e. The molecule has 1 aliphatic heterocycles. The molecule has 1 aromatic rings. The molecule has 0 saturated carbocycles. The fourth-order valence-corrected chi connectivity index (χ4v) is 2.29. The molecule has 0 atom stereocenters. The highest BCUT2D eigenvalue weighted by molar-refractivity contribution is 5.89. The molecule has 0 aromatic heterocycles. The lowest BCUT2D eigenvalue weighted by Gasteiger charge is -2.29. The van der Waals surface area contributed by atoms with E-state index in [0.29, 0.717) is 5.56 Å². The number of aryl methyl sites for hydroxylation is 1. The van der Waals surface area contributed by atoms with Crippen molar-refractivity contribution in [3.8, 4) is 0 Å². The second-order valence-electron chi connectivity index (χ2n) is 7.30. The molecule has 1 heterocycles. The van der Waals surface area contributed by atoms with Crippen molar-refractivity contribution in [3.63, 3.8) is 0 Å². The molecule has 6 heteroatoms. The molecule has 1 aliphatic rings. The van der Waals surface area contributed by atoms with Crippen LogP contribution in [0.25, 0.3) is 0 Å². The van der Waals surface area contributed by atoms with Crippen molar-refractivity contribution in [2.45, 2.75) is 52.6 Å². The quantitative estimate of drug-likeness (QED) is 0.672. The summed E-state index contributed by atoms with van der Waals surface area (Å²) < 4.78 is 14.1. The van der Waals surface area contributed by atoms with Crippen LogP contribution in [-0.2, 0) is 14.2 Å². The number of carbonyl (C=O) groups is 2. The third-order valence-corrected chi connectivity index (χ3v) is 3.45. The lowest BCUT2D eigenvalue weighted by Crippen LogP contribution is -2.39. The Morgan fingerprint density at radius 1 is 1.00 bits per heavy atom. The van der Waals surface area contributed by atoms with E-state index in [1.165, 1.54) is 13.5 Å². The molecular formula is C21H35NO5. The van der Waals surface area contributed by atoms with Gasteiger partial charge in [-0.3, -0.25) is 0 Å². The van der Waals surface area contributed by atoms with Gasteiger partial charge < -0.3 is 19.1 Å². The first-order chi connectivity index (χ1) is 12.6. The summed E-state index contributed by atoms with van der Waals surface area (Å²) in [6.07, 6.45) is 3.30. The lowest BCUT2D eigenvalue weighted by molar-refractivity contribution is 0.0215. The van der Waals surface area contributed by atoms with Crippen LogP contribution in [0.3, 0.4) is 0 Å². The summed E-state index contributed by atoms with van der Waals surface area (Å²) in [7, 11) is 4.63. The lowest BCUT2D eigenvalue weighted by atomic mass is 10.1. The number of nitrogens with zero attached hydrogens (tertiary/aromatic N) is 1. The number of ether oxygens (including phenoxy) is 3. The molecule has 1 aromatic carbocycles. The van der Waals surface area contributed by atoms with Gasteiger partial charge in [0.25, 0.3) is 0 Å². The number of hydrogen-bond acceptors (Lipinski definition) is 5. The molecule has 1 saturated heterocycles. The summed E-state index contributed by atoms with van der Waals surface area (Å²) in [5.41, 5.74) is 1.30. The first-order valence-electron chi connectivity index (χ1n) is 9.17. The zero-order valence-corrected chi connectivity index (χ0v) is 17.8. The average molecular weight is 382 g/mol. The number of rotatable bonds is 1. The number of likely N-dealkylation sites (tertiary alicyclic amines) is 1. The molecule has 0 radical (unpaired) electrons. The molecule has 0 bridgehead atoms. The molecule has 27 heavy (non-hydrogen) atoms. The minimum atomic E-state index is -0.367. The maximum absolute atomic E-state index is 11.5. The van der Waals surface area contributed by atoms with Crippen LogP contribution >= 0.6 is 0 Å². The molecule has 154 valence electrons. The second kappa shape index (κ2) is 13.1. The summed E-state index contributed by atoms with van der Waals surface area (Å²) >= 11 is 0. The predicted octanol–water partition coefficient (Wildman–Crippen LogP) is 4.45. The van der Waals surface area contributed by atoms with E-state index in [0.717, 1.165) is 31.5 Å². The van der Waals surface area contributed by atoms with Crippen molar-refractivity contribution >= 4 is 12.1 Å². The molecule has 1 fully saturated rings. The Bertz CT molecular complexity index is 560. The third kappa shape index (κ3) is 12.0. The molecular weight excluding hydrogens is 346 g/mol. The van der Waals surface area contributed by atoms with Gasteiger partial charge in [0, 0.05) is 27.3 Å². The number of methoxy groups -OCH3 is 2. The van der Waals surface area contributed by atoms with Crippen LogP contribution < -0.4 is 0 Å². The summed E-state index contributed by atoms with van der Waals surface area (Å²) in [5, 5.41) is 0. The summed E-state index contributed by atoms with van der Waals surface area (Å²) in [6.45, 7) is 9.34. The normalized spacial score (nSPS) is 13.4. The minimum Gasteiger partial charge on any atom is -0.465 e. The number of esters is 1. The Morgan fingerprint density at radius 3 is 2.00 bits per heavy atom. The average Bonchev–Trinajstić information content (AvgIpc) is 2.61. The van der Waals surface area contributed by atoms with Gasteiger partial charge in [0.15, 0.2) is 0 Å². The highest BCUT2D eigenvalue weighted by Crippen LogP contribution is 2.14. The number of piperidine rings is 1. The van der Waals surface area contributed by atoms with Crippen molar-refractivity contribution in [2.24, 2.45) is 0 Å². The van der Waals surface area contributed by atoms with Gasteiger partial charge in [-0.05, 0) is 59.1 Å². The van der Waals surface area contributed by atoms with Crippen LogP contribution in [0.5, 0.6) is 0 Å². The van der Waals surface area contributed by atoms with Crippen LogP contribution in [0.1, 0.15) is 56.0 Å². The van der Waals surface area contributed by atoms with Crippen LogP contribution in [0, 0.1) is 6.92 Å². The van der Waals surface area contributed by atoms with Gasteiger partial charge >= 0.3 is 12.1 Å². The second-order valence-corrected chi connectivity index (χ2v) is 7.30. The first kappa shape index (κ1) is 24.9. The van der Waals surface area contributed by atoms with E-state index in [1.807, 2.05) is 39.8 Å². The van der Waals surface area contributed by atoms with Crippen LogP contribution in [0.2, 0.25) is 0 Å². The zero-order chi connectivity index (χ0) is 20.9. The van der Waals surface area contributed by atoms with Gasteiger partial charge in [0.05, 0.1) is 12.7 Å². The minimum absolute atomic E-state index is 0.160. The molecule has 1 amide bonds. The Balaban J connectivity index is 0.000000442.